The van der Waals surface area contributed by atoms with Crippen molar-refractivity contribution in [3.8, 4) is 6.07 Å². The highest BCUT2D eigenvalue weighted by molar-refractivity contribution is 5.34. The van der Waals surface area contributed by atoms with Gasteiger partial charge in [-0.15, -0.1) is 0 Å². The molecule has 0 heterocycles. The maximum absolute atomic E-state index is 10.5. The zero-order valence-corrected chi connectivity index (χ0v) is 8.09. The molecule has 1 aromatic carbocycles. The minimum Gasteiger partial charge on any atom is -0.326 e. The number of rotatable bonds is 4. The Balaban J connectivity index is 2.74. The summed E-state index contributed by atoms with van der Waals surface area (Å²) in [6.07, 6.45) is 0.734. The molecule has 1 unspecified atom stereocenters. The van der Waals surface area contributed by atoms with Crippen molar-refractivity contribution in [3.63, 3.8) is 0 Å². The van der Waals surface area contributed by atoms with E-state index in [0.717, 1.165) is 5.56 Å². The number of nitro benzene ring substituents is 1. The third-order valence-electron chi connectivity index (χ3n) is 1.97. The van der Waals surface area contributed by atoms with Gasteiger partial charge in [-0.3, -0.25) is 10.1 Å². The fourth-order valence-electron chi connectivity index (χ4n) is 1.29. The first kappa shape index (κ1) is 11.1. The summed E-state index contributed by atoms with van der Waals surface area (Å²) >= 11 is 0. The van der Waals surface area contributed by atoms with Crippen LogP contribution in [0.15, 0.2) is 24.3 Å². The smallest absolute Gasteiger partial charge is 0.269 e. The molecule has 1 rings (SSSR count). The summed E-state index contributed by atoms with van der Waals surface area (Å²) in [7, 11) is 0. The Labute approximate surface area is 87.3 Å². The molecule has 0 bridgehead atoms. The van der Waals surface area contributed by atoms with Gasteiger partial charge in [-0.1, -0.05) is 12.1 Å². The van der Waals surface area contributed by atoms with Gasteiger partial charge in [-0.25, -0.2) is 0 Å². The van der Waals surface area contributed by atoms with Crippen LogP contribution in [0.1, 0.15) is 12.0 Å². The predicted molar refractivity (Wildman–Crippen MR) is 55.0 cm³/mol. The lowest BCUT2D eigenvalue weighted by Gasteiger charge is -2.06. The minimum absolute atomic E-state index is 0.0525. The molecule has 1 atom stereocenters. The van der Waals surface area contributed by atoms with Crippen LogP contribution in [0.2, 0.25) is 0 Å². The predicted octanol–water partition coefficient (Wildman–Crippen LogP) is 1.38. The van der Waals surface area contributed by atoms with E-state index in [4.69, 9.17) is 11.0 Å². The van der Waals surface area contributed by atoms with Crippen LogP contribution < -0.4 is 5.73 Å². The van der Waals surface area contributed by atoms with E-state index in [2.05, 4.69) is 0 Å². The highest BCUT2D eigenvalue weighted by Gasteiger charge is 2.08. The van der Waals surface area contributed by atoms with Gasteiger partial charge in [0.05, 0.1) is 17.4 Å². The molecule has 5 heteroatoms. The summed E-state index contributed by atoms with van der Waals surface area (Å²) < 4.78 is 0. The lowest BCUT2D eigenvalue weighted by atomic mass is 10.0. The molecule has 0 spiro atoms. The van der Waals surface area contributed by atoms with Gasteiger partial charge in [-0.05, 0) is 12.0 Å². The number of nitrogens with two attached hydrogens (primary N) is 1. The first-order valence-electron chi connectivity index (χ1n) is 4.49. The minimum atomic E-state index is -0.445. The number of nitriles is 1. The first-order chi connectivity index (χ1) is 7.13. The molecule has 15 heavy (non-hydrogen) atoms. The third-order valence-corrected chi connectivity index (χ3v) is 1.97. The van der Waals surface area contributed by atoms with E-state index >= 15 is 0 Å². The summed E-state index contributed by atoms with van der Waals surface area (Å²) in [4.78, 5) is 10.0. The van der Waals surface area contributed by atoms with E-state index < -0.39 is 4.92 Å². The zero-order valence-electron chi connectivity index (χ0n) is 8.09. The van der Waals surface area contributed by atoms with E-state index in [1.807, 2.05) is 6.07 Å². The van der Waals surface area contributed by atoms with Gasteiger partial charge in [0.15, 0.2) is 0 Å². The molecule has 78 valence electrons. The van der Waals surface area contributed by atoms with Gasteiger partial charge >= 0.3 is 0 Å². The molecule has 0 saturated heterocycles. The highest BCUT2D eigenvalue weighted by atomic mass is 16.6. The van der Waals surface area contributed by atoms with Crippen LogP contribution in [0.5, 0.6) is 0 Å². The van der Waals surface area contributed by atoms with Gasteiger partial charge in [0.1, 0.15) is 0 Å². The van der Waals surface area contributed by atoms with Gasteiger partial charge in [0, 0.05) is 18.2 Å². The fourth-order valence-corrected chi connectivity index (χ4v) is 1.29. The largest absolute Gasteiger partial charge is 0.326 e. The average Bonchev–Trinajstić information content (AvgIpc) is 2.18. The van der Waals surface area contributed by atoms with Crippen LogP contribution in [-0.2, 0) is 6.42 Å². The van der Waals surface area contributed by atoms with E-state index in [-0.39, 0.29) is 18.2 Å². The molecular formula is C10H11N3O2. The average molecular weight is 205 g/mol. The highest BCUT2D eigenvalue weighted by Crippen LogP contribution is 2.14. The maximum Gasteiger partial charge on any atom is 0.269 e. The Morgan fingerprint density at radius 1 is 1.60 bits per heavy atom. The fraction of sp³-hybridized carbons (Fsp3) is 0.300. The van der Waals surface area contributed by atoms with Crippen LogP contribution in [0.3, 0.4) is 0 Å². The summed E-state index contributed by atoms with van der Waals surface area (Å²) in [5.41, 5.74) is 6.49. The quantitative estimate of drug-likeness (QED) is 0.593. The second-order valence-electron chi connectivity index (χ2n) is 3.25. The molecule has 0 aromatic heterocycles. The topological polar surface area (TPSA) is 93.0 Å². The Morgan fingerprint density at radius 3 is 2.93 bits per heavy atom. The van der Waals surface area contributed by atoms with Crippen LogP contribution in [0.25, 0.3) is 0 Å². The SMILES string of the molecule is N#CCC(N)Cc1cccc([N+](=O)[O-])c1. The third kappa shape index (κ3) is 3.37. The standard InChI is InChI=1S/C10H11N3O2/c11-5-4-9(12)6-8-2-1-3-10(7-8)13(14)15/h1-3,7,9H,4,6,12H2. The van der Waals surface area contributed by atoms with Crippen LogP contribution in [0.4, 0.5) is 5.69 Å². The summed E-state index contributed by atoms with van der Waals surface area (Å²) in [5, 5.41) is 18.9. The van der Waals surface area contributed by atoms with E-state index in [1.54, 1.807) is 12.1 Å². The molecule has 2 N–H and O–H groups in total. The Morgan fingerprint density at radius 2 is 2.33 bits per heavy atom. The van der Waals surface area contributed by atoms with Crippen molar-refractivity contribution in [2.75, 3.05) is 0 Å². The molecule has 0 saturated carbocycles. The molecule has 0 amide bonds. The van der Waals surface area contributed by atoms with E-state index in [0.29, 0.717) is 6.42 Å². The second kappa shape index (κ2) is 5.08. The summed E-state index contributed by atoms with van der Waals surface area (Å²) in [6, 6.07) is 8.00. The maximum atomic E-state index is 10.5. The van der Waals surface area contributed by atoms with Crippen molar-refractivity contribution in [3.05, 3.63) is 39.9 Å². The Bertz CT molecular complexity index is 398. The lowest BCUT2D eigenvalue weighted by Crippen LogP contribution is -2.21. The van der Waals surface area contributed by atoms with Crippen molar-refractivity contribution < 1.29 is 4.92 Å². The van der Waals surface area contributed by atoms with Crippen molar-refractivity contribution in [2.45, 2.75) is 18.9 Å². The molecular weight excluding hydrogens is 194 g/mol. The molecule has 0 fully saturated rings. The molecule has 0 aliphatic heterocycles. The zero-order chi connectivity index (χ0) is 11.3. The monoisotopic (exact) mass is 205 g/mol. The van der Waals surface area contributed by atoms with E-state index in [9.17, 15) is 10.1 Å². The summed E-state index contributed by atoms with van der Waals surface area (Å²) in [6.45, 7) is 0. The van der Waals surface area contributed by atoms with Crippen molar-refractivity contribution in [2.24, 2.45) is 5.73 Å². The number of nitro groups is 1. The number of hydrogen-bond acceptors (Lipinski definition) is 4. The molecule has 0 radical (unpaired) electrons. The molecule has 0 aliphatic rings. The van der Waals surface area contributed by atoms with Gasteiger partial charge in [-0.2, -0.15) is 5.26 Å². The van der Waals surface area contributed by atoms with Crippen LogP contribution >= 0.6 is 0 Å². The summed E-state index contributed by atoms with van der Waals surface area (Å²) in [5.74, 6) is 0. The van der Waals surface area contributed by atoms with Gasteiger partial charge in [0.2, 0.25) is 0 Å². The van der Waals surface area contributed by atoms with E-state index in [1.165, 1.54) is 12.1 Å². The number of benzene rings is 1. The number of non-ortho nitro benzene ring substituents is 1. The van der Waals surface area contributed by atoms with Crippen LogP contribution in [-0.4, -0.2) is 11.0 Å². The number of nitrogens with zero attached hydrogens (tertiary/aromatic N) is 2. The van der Waals surface area contributed by atoms with Crippen molar-refractivity contribution in [1.29, 1.82) is 5.26 Å². The number of hydrogen-bond donors (Lipinski definition) is 1. The molecule has 5 nitrogen and oxygen atoms in total. The van der Waals surface area contributed by atoms with Crippen molar-refractivity contribution >= 4 is 5.69 Å². The Hall–Kier alpha value is -1.93. The Kier molecular flexibility index (Phi) is 3.77. The van der Waals surface area contributed by atoms with Gasteiger partial charge < -0.3 is 5.73 Å². The molecule has 1 aromatic rings. The second-order valence-corrected chi connectivity index (χ2v) is 3.25. The molecule has 0 aliphatic carbocycles. The van der Waals surface area contributed by atoms with Gasteiger partial charge in [0.25, 0.3) is 5.69 Å². The van der Waals surface area contributed by atoms with Crippen molar-refractivity contribution in [1.82, 2.24) is 0 Å². The van der Waals surface area contributed by atoms with Crippen LogP contribution in [0, 0.1) is 21.4 Å². The lowest BCUT2D eigenvalue weighted by molar-refractivity contribution is -0.384. The first-order valence-corrected chi connectivity index (χ1v) is 4.49. The normalized spacial score (nSPS) is 11.7.